The van der Waals surface area contributed by atoms with E-state index in [1.54, 1.807) is 0 Å². The van der Waals surface area contributed by atoms with Gasteiger partial charge in [0.2, 0.25) is 10.0 Å². The summed E-state index contributed by atoms with van der Waals surface area (Å²) in [6, 6.07) is 3.50. The van der Waals surface area contributed by atoms with Crippen molar-refractivity contribution in [3.8, 4) is 0 Å². The van der Waals surface area contributed by atoms with Gasteiger partial charge in [0.1, 0.15) is 0 Å². The van der Waals surface area contributed by atoms with Crippen molar-refractivity contribution >= 4 is 39.0 Å². The number of hydrogen-bond acceptors (Lipinski definition) is 4. The number of benzene rings is 1. The molecule has 0 heterocycles. The number of sulfonamides is 1. The number of carbonyl (C=O) groups is 1. The molecule has 1 aromatic rings. The quantitative estimate of drug-likeness (QED) is 0.810. The van der Waals surface area contributed by atoms with Crippen LogP contribution in [0.25, 0.3) is 0 Å². The molecule has 8 heteroatoms. The number of halogens is 2. The van der Waals surface area contributed by atoms with Crippen LogP contribution in [0.5, 0.6) is 0 Å². The normalized spacial score (nSPS) is 18.9. The lowest BCUT2D eigenvalue weighted by Crippen LogP contribution is -2.35. The first kappa shape index (κ1) is 15.7. The number of alkyl halides is 2. The molecule has 0 aliphatic heterocycles. The van der Waals surface area contributed by atoms with Crippen molar-refractivity contribution in [1.82, 2.24) is 4.72 Å². The Hall–Kier alpha value is -0.660. The molecule has 0 saturated carbocycles. The van der Waals surface area contributed by atoms with Gasteiger partial charge in [-0.1, -0.05) is 23.2 Å². The second kappa shape index (κ2) is 5.27. The fourth-order valence-electron chi connectivity index (χ4n) is 1.99. The van der Waals surface area contributed by atoms with Gasteiger partial charge in [-0.25, -0.2) is 13.1 Å². The Labute approximate surface area is 126 Å². The first-order valence-corrected chi connectivity index (χ1v) is 8.10. The van der Waals surface area contributed by atoms with Crippen LogP contribution in [0.4, 0.5) is 0 Å². The smallest absolute Gasteiger partial charge is 0.240 e. The molecule has 0 aromatic heterocycles. The number of nitrogens with one attached hydrogen (secondary N) is 1. The van der Waals surface area contributed by atoms with Crippen LogP contribution in [-0.2, 0) is 16.4 Å². The number of fused-ring (bicyclic) bond motifs is 1. The van der Waals surface area contributed by atoms with Crippen LogP contribution in [0, 0.1) is 0 Å². The molecule has 0 radical (unpaired) electrons. The Morgan fingerprint density at radius 3 is 2.70 bits per heavy atom. The highest BCUT2D eigenvalue weighted by Crippen LogP contribution is 2.39. The van der Waals surface area contributed by atoms with E-state index in [4.69, 9.17) is 28.3 Å². The predicted octanol–water partition coefficient (Wildman–Crippen LogP) is 1.26. The van der Waals surface area contributed by atoms with E-state index in [0.29, 0.717) is 11.1 Å². The molecule has 1 aliphatic carbocycles. The number of Topliss-reactive ketones (excluding diaryl/α,β-unsaturated/α-hetero) is 1. The van der Waals surface area contributed by atoms with Crippen molar-refractivity contribution in [2.75, 3.05) is 6.61 Å². The van der Waals surface area contributed by atoms with Gasteiger partial charge >= 0.3 is 0 Å². The Morgan fingerprint density at radius 1 is 1.45 bits per heavy atom. The molecule has 5 nitrogen and oxygen atoms in total. The van der Waals surface area contributed by atoms with Crippen LogP contribution < -0.4 is 4.72 Å². The molecule has 20 heavy (non-hydrogen) atoms. The van der Waals surface area contributed by atoms with Gasteiger partial charge in [-0.05, 0) is 30.7 Å². The topological polar surface area (TPSA) is 83.5 Å². The van der Waals surface area contributed by atoms with Gasteiger partial charge in [-0.15, -0.1) is 0 Å². The molecule has 1 atom stereocenters. The van der Waals surface area contributed by atoms with Crippen molar-refractivity contribution in [2.24, 2.45) is 0 Å². The Balaban J connectivity index is 2.37. The SMILES string of the molecule is C[C@@H](CO)NS(=O)(=O)c1ccc2c(c1)CC(Cl)(Cl)C2=O. The molecular weight excluding hydrogens is 325 g/mol. The van der Waals surface area contributed by atoms with Crippen LogP contribution in [0.2, 0.25) is 0 Å². The third kappa shape index (κ3) is 2.84. The van der Waals surface area contributed by atoms with Gasteiger partial charge in [0, 0.05) is 18.0 Å². The van der Waals surface area contributed by atoms with Crippen LogP contribution in [0.15, 0.2) is 23.1 Å². The van der Waals surface area contributed by atoms with Gasteiger partial charge < -0.3 is 5.11 Å². The number of carbonyl (C=O) groups excluding carboxylic acids is 1. The predicted molar refractivity (Wildman–Crippen MR) is 75.8 cm³/mol. The molecule has 0 fully saturated rings. The van der Waals surface area contributed by atoms with Crippen LogP contribution in [-0.4, -0.2) is 36.3 Å². The fourth-order valence-corrected chi connectivity index (χ4v) is 3.77. The zero-order valence-corrected chi connectivity index (χ0v) is 12.9. The zero-order valence-electron chi connectivity index (χ0n) is 10.6. The Kier molecular flexibility index (Phi) is 4.15. The van der Waals surface area contributed by atoms with Crippen molar-refractivity contribution in [2.45, 2.75) is 28.6 Å². The molecule has 0 bridgehead atoms. The maximum atomic E-state index is 12.1. The van der Waals surface area contributed by atoms with Crippen molar-refractivity contribution < 1.29 is 18.3 Å². The fraction of sp³-hybridized carbons (Fsp3) is 0.417. The summed E-state index contributed by atoms with van der Waals surface area (Å²) in [5.41, 5.74) is 0.837. The van der Waals surface area contributed by atoms with Gasteiger partial charge in [0.25, 0.3) is 0 Å². The largest absolute Gasteiger partial charge is 0.395 e. The summed E-state index contributed by atoms with van der Waals surface area (Å²) in [6.07, 6.45) is 0.0726. The second-order valence-corrected chi connectivity index (χ2v) is 7.93. The molecule has 110 valence electrons. The molecule has 2 rings (SSSR count). The van der Waals surface area contributed by atoms with Crippen LogP contribution in [0.1, 0.15) is 22.8 Å². The van der Waals surface area contributed by atoms with Gasteiger partial charge in [0.05, 0.1) is 11.5 Å². The summed E-state index contributed by atoms with van der Waals surface area (Å²) in [7, 11) is -3.76. The van der Waals surface area contributed by atoms with E-state index in [0.717, 1.165) is 0 Å². The maximum Gasteiger partial charge on any atom is 0.240 e. The Morgan fingerprint density at radius 2 is 2.10 bits per heavy atom. The summed E-state index contributed by atoms with van der Waals surface area (Å²) in [4.78, 5) is 11.9. The average molecular weight is 338 g/mol. The molecule has 0 unspecified atom stereocenters. The molecule has 1 aromatic carbocycles. The number of hydrogen-bond donors (Lipinski definition) is 2. The number of aliphatic hydroxyl groups is 1. The lowest BCUT2D eigenvalue weighted by molar-refractivity contribution is 0.0985. The van der Waals surface area contributed by atoms with Gasteiger partial charge in [-0.2, -0.15) is 0 Å². The highest BCUT2D eigenvalue weighted by molar-refractivity contribution is 7.89. The van der Waals surface area contributed by atoms with Gasteiger partial charge in [-0.3, -0.25) is 4.79 Å². The third-order valence-corrected chi connectivity index (χ3v) is 5.20. The minimum Gasteiger partial charge on any atom is -0.395 e. The molecule has 0 amide bonds. The van der Waals surface area contributed by atoms with E-state index in [2.05, 4.69) is 4.72 Å². The van der Waals surface area contributed by atoms with E-state index < -0.39 is 26.2 Å². The van der Waals surface area contributed by atoms with E-state index in [1.165, 1.54) is 25.1 Å². The summed E-state index contributed by atoms with van der Waals surface area (Å²) < 4.78 is 24.9. The van der Waals surface area contributed by atoms with Crippen molar-refractivity contribution in [3.63, 3.8) is 0 Å². The second-order valence-electron chi connectivity index (χ2n) is 4.73. The van der Waals surface area contributed by atoms with E-state index in [-0.39, 0.29) is 17.9 Å². The summed E-state index contributed by atoms with van der Waals surface area (Å²) in [5, 5.41) is 8.90. The summed E-state index contributed by atoms with van der Waals surface area (Å²) in [6.45, 7) is 1.23. The summed E-state index contributed by atoms with van der Waals surface area (Å²) >= 11 is 11.7. The van der Waals surface area contributed by atoms with Crippen LogP contribution in [0.3, 0.4) is 0 Å². The zero-order chi connectivity index (χ0) is 15.1. The minimum absolute atomic E-state index is 0.00961. The van der Waals surface area contributed by atoms with Crippen molar-refractivity contribution in [3.05, 3.63) is 29.3 Å². The monoisotopic (exact) mass is 337 g/mol. The van der Waals surface area contributed by atoms with Gasteiger partial charge in [0.15, 0.2) is 10.1 Å². The van der Waals surface area contributed by atoms with Crippen LogP contribution >= 0.6 is 23.2 Å². The highest BCUT2D eigenvalue weighted by Gasteiger charge is 2.42. The average Bonchev–Trinajstić information content (AvgIpc) is 2.59. The number of rotatable bonds is 4. The maximum absolute atomic E-state index is 12.1. The molecule has 1 aliphatic rings. The molecule has 2 N–H and O–H groups in total. The van der Waals surface area contributed by atoms with E-state index >= 15 is 0 Å². The molecule has 0 spiro atoms. The van der Waals surface area contributed by atoms with Crippen molar-refractivity contribution in [1.29, 1.82) is 0 Å². The Bertz CT molecular complexity index is 657. The first-order valence-electron chi connectivity index (χ1n) is 5.86. The number of aliphatic hydroxyl groups excluding tert-OH is 1. The first-order chi connectivity index (χ1) is 9.17. The number of ketones is 1. The minimum atomic E-state index is -3.76. The highest BCUT2D eigenvalue weighted by atomic mass is 35.5. The molecular formula is C12H13Cl2NO4S. The molecule has 0 saturated heterocycles. The standard InChI is InChI=1S/C12H13Cl2NO4S/c1-7(6-16)15-20(18,19)9-2-3-10-8(4-9)5-12(13,14)11(10)17/h2-4,7,15-16H,5-6H2,1H3/t7-/m0/s1. The van der Waals surface area contributed by atoms with E-state index in [1.807, 2.05) is 0 Å². The van der Waals surface area contributed by atoms with E-state index in [9.17, 15) is 13.2 Å². The lowest BCUT2D eigenvalue weighted by atomic mass is 10.1. The lowest BCUT2D eigenvalue weighted by Gasteiger charge is -2.12. The summed E-state index contributed by atoms with van der Waals surface area (Å²) in [5.74, 6) is -0.420. The third-order valence-electron chi connectivity index (χ3n) is 3.01.